The van der Waals surface area contributed by atoms with Crippen LogP contribution in [0.4, 0.5) is 0 Å². The van der Waals surface area contributed by atoms with E-state index in [2.05, 4.69) is 50.0 Å². The van der Waals surface area contributed by atoms with Gasteiger partial charge in [-0.2, -0.15) is 5.10 Å². The summed E-state index contributed by atoms with van der Waals surface area (Å²) in [4.78, 5) is 4.31. The Morgan fingerprint density at radius 2 is 1.88 bits per heavy atom. The van der Waals surface area contributed by atoms with Crippen molar-refractivity contribution in [1.29, 1.82) is 0 Å². The number of aromatic nitrogens is 3. The van der Waals surface area contributed by atoms with Crippen LogP contribution >= 0.6 is 0 Å². The van der Waals surface area contributed by atoms with Crippen molar-refractivity contribution in [3.63, 3.8) is 0 Å². The number of rotatable bonds is 7. The molecule has 1 heterocycles. The summed E-state index contributed by atoms with van der Waals surface area (Å²) >= 11 is 0. The minimum absolute atomic E-state index is 0.373. The van der Waals surface area contributed by atoms with Crippen LogP contribution in [0.25, 0.3) is 0 Å². The molecule has 1 rings (SSSR count). The third-order valence-electron chi connectivity index (χ3n) is 3.47. The predicted octanol–water partition coefficient (Wildman–Crippen LogP) is 2.77. The van der Waals surface area contributed by atoms with Gasteiger partial charge in [0.2, 0.25) is 0 Å². The van der Waals surface area contributed by atoms with Crippen molar-refractivity contribution >= 4 is 0 Å². The molecule has 1 aromatic rings. The first kappa shape index (κ1) is 14.2. The molecule has 0 amide bonds. The molecule has 0 saturated carbocycles. The van der Waals surface area contributed by atoms with E-state index >= 15 is 0 Å². The number of hydrogen-bond donors (Lipinski definition) is 1. The molecule has 0 aliphatic rings. The van der Waals surface area contributed by atoms with Gasteiger partial charge in [0.1, 0.15) is 12.2 Å². The molecular weight excluding hydrogens is 212 g/mol. The van der Waals surface area contributed by atoms with Gasteiger partial charge in [-0.1, -0.05) is 26.7 Å². The fraction of sp³-hybridized carbons (Fsp3) is 0.846. The summed E-state index contributed by atoms with van der Waals surface area (Å²) in [7, 11) is 0. The zero-order valence-electron chi connectivity index (χ0n) is 11.8. The Hall–Kier alpha value is -0.900. The standard InChI is InChI=1S/C13H26N4/c1-6-12(7-2)11(5)14-8-13-15-9-16-17(13)10(3)4/h9-12,14H,6-8H2,1-5H3. The Bertz CT molecular complexity index is 315. The first-order chi connectivity index (χ1) is 8.10. The average Bonchev–Trinajstić information content (AvgIpc) is 2.76. The molecule has 4 heteroatoms. The zero-order chi connectivity index (χ0) is 12.8. The Kier molecular flexibility index (Phi) is 5.62. The van der Waals surface area contributed by atoms with Gasteiger partial charge in [0.25, 0.3) is 0 Å². The van der Waals surface area contributed by atoms with E-state index in [0.29, 0.717) is 12.1 Å². The van der Waals surface area contributed by atoms with E-state index < -0.39 is 0 Å². The van der Waals surface area contributed by atoms with Gasteiger partial charge in [-0.3, -0.25) is 0 Å². The van der Waals surface area contributed by atoms with Gasteiger partial charge in [0.05, 0.1) is 6.54 Å². The van der Waals surface area contributed by atoms with Crippen molar-refractivity contribution in [2.45, 2.75) is 66.1 Å². The SMILES string of the molecule is CCC(CC)C(C)NCc1ncnn1C(C)C. The van der Waals surface area contributed by atoms with Crippen LogP contribution in [-0.2, 0) is 6.54 Å². The number of nitrogens with one attached hydrogen (secondary N) is 1. The maximum atomic E-state index is 4.31. The van der Waals surface area contributed by atoms with Crippen LogP contribution < -0.4 is 5.32 Å². The summed E-state index contributed by atoms with van der Waals surface area (Å²) in [5.74, 6) is 1.77. The van der Waals surface area contributed by atoms with Gasteiger partial charge in [0.15, 0.2) is 0 Å². The number of hydrogen-bond acceptors (Lipinski definition) is 3. The summed E-state index contributed by atoms with van der Waals surface area (Å²) in [6, 6.07) is 0.903. The maximum Gasteiger partial charge on any atom is 0.141 e. The van der Waals surface area contributed by atoms with E-state index in [1.165, 1.54) is 12.8 Å². The van der Waals surface area contributed by atoms with E-state index in [0.717, 1.165) is 18.3 Å². The second-order valence-electron chi connectivity index (χ2n) is 4.96. The summed E-state index contributed by atoms with van der Waals surface area (Å²) in [5.41, 5.74) is 0. The van der Waals surface area contributed by atoms with Crippen molar-refractivity contribution in [1.82, 2.24) is 20.1 Å². The third-order valence-corrected chi connectivity index (χ3v) is 3.47. The molecule has 0 aromatic carbocycles. The highest BCUT2D eigenvalue weighted by Gasteiger charge is 2.14. The smallest absolute Gasteiger partial charge is 0.141 e. The minimum Gasteiger partial charge on any atom is -0.307 e. The second kappa shape index (κ2) is 6.74. The molecule has 0 radical (unpaired) electrons. The summed E-state index contributed by atoms with van der Waals surface area (Å²) in [6.07, 6.45) is 4.09. The van der Waals surface area contributed by atoms with Gasteiger partial charge in [0, 0.05) is 12.1 Å². The molecule has 0 aliphatic carbocycles. The lowest BCUT2D eigenvalue weighted by atomic mass is 9.95. The first-order valence-electron chi connectivity index (χ1n) is 6.71. The Morgan fingerprint density at radius 3 is 2.41 bits per heavy atom. The van der Waals surface area contributed by atoms with Crippen molar-refractivity contribution in [2.24, 2.45) is 5.92 Å². The largest absolute Gasteiger partial charge is 0.307 e. The second-order valence-corrected chi connectivity index (χ2v) is 4.96. The van der Waals surface area contributed by atoms with Gasteiger partial charge in [-0.25, -0.2) is 9.67 Å². The van der Waals surface area contributed by atoms with Crippen LogP contribution in [0.3, 0.4) is 0 Å². The molecule has 0 fully saturated rings. The molecule has 17 heavy (non-hydrogen) atoms. The molecular formula is C13H26N4. The fourth-order valence-corrected chi connectivity index (χ4v) is 2.25. The molecule has 1 N–H and O–H groups in total. The van der Waals surface area contributed by atoms with Crippen LogP contribution in [-0.4, -0.2) is 20.8 Å². The van der Waals surface area contributed by atoms with Crippen LogP contribution in [0.2, 0.25) is 0 Å². The molecule has 0 aliphatic heterocycles. The topological polar surface area (TPSA) is 42.7 Å². The summed E-state index contributed by atoms with van der Waals surface area (Å²) < 4.78 is 1.98. The van der Waals surface area contributed by atoms with E-state index in [-0.39, 0.29) is 0 Å². The van der Waals surface area contributed by atoms with Gasteiger partial charge in [-0.05, 0) is 26.7 Å². The normalized spacial score (nSPS) is 13.6. The number of nitrogens with zero attached hydrogens (tertiary/aromatic N) is 3. The van der Waals surface area contributed by atoms with Gasteiger partial charge < -0.3 is 5.32 Å². The Morgan fingerprint density at radius 1 is 1.24 bits per heavy atom. The lowest BCUT2D eigenvalue weighted by Gasteiger charge is -2.22. The van der Waals surface area contributed by atoms with Crippen molar-refractivity contribution in [3.05, 3.63) is 12.2 Å². The Balaban J connectivity index is 2.52. The molecule has 1 unspecified atom stereocenters. The zero-order valence-corrected chi connectivity index (χ0v) is 11.8. The lowest BCUT2D eigenvalue weighted by Crippen LogP contribution is -2.33. The third kappa shape index (κ3) is 3.80. The molecule has 1 aromatic heterocycles. The molecule has 1 atom stereocenters. The molecule has 0 saturated heterocycles. The lowest BCUT2D eigenvalue weighted by molar-refractivity contribution is 0.345. The van der Waals surface area contributed by atoms with E-state index in [9.17, 15) is 0 Å². The van der Waals surface area contributed by atoms with Gasteiger partial charge >= 0.3 is 0 Å². The van der Waals surface area contributed by atoms with E-state index in [4.69, 9.17) is 0 Å². The van der Waals surface area contributed by atoms with E-state index in [1.807, 2.05) is 4.68 Å². The molecule has 0 bridgehead atoms. The van der Waals surface area contributed by atoms with Crippen molar-refractivity contribution < 1.29 is 0 Å². The molecule has 98 valence electrons. The fourth-order valence-electron chi connectivity index (χ4n) is 2.25. The highest BCUT2D eigenvalue weighted by Crippen LogP contribution is 2.13. The summed E-state index contributed by atoms with van der Waals surface area (Å²) in [5, 5.41) is 7.80. The van der Waals surface area contributed by atoms with Crippen LogP contribution in [0.1, 0.15) is 59.3 Å². The van der Waals surface area contributed by atoms with Gasteiger partial charge in [-0.15, -0.1) is 0 Å². The molecule has 4 nitrogen and oxygen atoms in total. The first-order valence-corrected chi connectivity index (χ1v) is 6.71. The molecule has 0 spiro atoms. The van der Waals surface area contributed by atoms with Crippen LogP contribution in [0, 0.1) is 5.92 Å². The van der Waals surface area contributed by atoms with Crippen LogP contribution in [0.5, 0.6) is 0 Å². The Labute approximate surface area is 105 Å². The monoisotopic (exact) mass is 238 g/mol. The van der Waals surface area contributed by atoms with Crippen molar-refractivity contribution in [3.8, 4) is 0 Å². The van der Waals surface area contributed by atoms with Crippen molar-refractivity contribution in [2.75, 3.05) is 0 Å². The highest BCUT2D eigenvalue weighted by atomic mass is 15.4. The van der Waals surface area contributed by atoms with Crippen LogP contribution in [0.15, 0.2) is 6.33 Å². The minimum atomic E-state index is 0.373. The van der Waals surface area contributed by atoms with E-state index in [1.54, 1.807) is 6.33 Å². The average molecular weight is 238 g/mol. The maximum absolute atomic E-state index is 4.31. The predicted molar refractivity (Wildman–Crippen MR) is 70.8 cm³/mol. The quantitative estimate of drug-likeness (QED) is 0.794. The summed E-state index contributed by atoms with van der Waals surface area (Å²) in [6.45, 7) is 11.8. The highest BCUT2D eigenvalue weighted by molar-refractivity contribution is 4.87.